The van der Waals surface area contributed by atoms with Crippen molar-refractivity contribution in [2.45, 2.75) is 263 Å². The molecule has 446 valence electrons. The Morgan fingerprint density at radius 2 is 0.797 bits per heavy atom. The molecule has 1 saturated heterocycles. The van der Waals surface area contributed by atoms with Crippen molar-refractivity contribution >= 4 is 23.9 Å². The van der Waals surface area contributed by atoms with E-state index in [1.807, 2.05) is 30.4 Å². The summed E-state index contributed by atoms with van der Waals surface area (Å²) < 4.78 is 28.3. The number of esters is 3. The number of allylic oxidation sites excluding steroid dienone is 20. The summed E-state index contributed by atoms with van der Waals surface area (Å²) in [5, 5.41) is 31.5. The molecule has 0 bridgehead atoms. The van der Waals surface area contributed by atoms with Gasteiger partial charge in [-0.15, -0.1) is 0 Å². The quantitative estimate of drug-likeness (QED) is 0.0228. The molecule has 0 aromatic carbocycles. The number of ether oxygens (including phenoxy) is 5. The van der Waals surface area contributed by atoms with Gasteiger partial charge in [0, 0.05) is 19.3 Å². The molecule has 0 spiro atoms. The van der Waals surface area contributed by atoms with Crippen molar-refractivity contribution in [2.75, 3.05) is 13.2 Å². The van der Waals surface area contributed by atoms with Crippen molar-refractivity contribution in [1.82, 2.24) is 0 Å². The highest BCUT2D eigenvalue weighted by molar-refractivity contribution is 5.74. The van der Waals surface area contributed by atoms with E-state index in [9.17, 15) is 34.5 Å². The lowest BCUT2D eigenvalue weighted by Crippen LogP contribution is -2.61. The van der Waals surface area contributed by atoms with Gasteiger partial charge in [0.15, 0.2) is 24.6 Å². The predicted molar refractivity (Wildman–Crippen MR) is 321 cm³/mol. The minimum absolute atomic E-state index is 0.0726. The summed E-state index contributed by atoms with van der Waals surface area (Å²) in [5.41, 5.74) is 0. The molecule has 3 N–H and O–H groups in total. The molecule has 1 fully saturated rings. The van der Waals surface area contributed by atoms with Crippen LogP contribution in [0.1, 0.15) is 226 Å². The largest absolute Gasteiger partial charge is 0.479 e. The fourth-order valence-electron chi connectivity index (χ4n) is 8.47. The highest BCUT2D eigenvalue weighted by Gasteiger charge is 2.50. The van der Waals surface area contributed by atoms with E-state index in [-0.39, 0.29) is 25.9 Å². The third-order valence-corrected chi connectivity index (χ3v) is 13.1. The van der Waals surface area contributed by atoms with Gasteiger partial charge in [-0.05, 0) is 83.5 Å². The maximum absolute atomic E-state index is 13.2. The van der Waals surface area contributed by atoms with Crippen LogP contribution in [0.3, 0.4) is 0 Å². The molecular formula is C67H106O12. The second kappa shape index (κ2) is 53.7. The predicted octanol–water partition coefficient (Wildman–Crippen LogP) is 16.0. The first kappa shape index (κ1) is 72.1. The second-order valence-corrected chi connectivity index (χ2v) is 20.2. The van der Waals surface area contributed by atoms with Crippen molar-refractivity contribution in [1.29, 1.82) is 0 Å². The van der Waals surface area contributed by atoms with Gasteiger partial charge in [-0.25, -0.2) is 4.79 Å². The number of carboxylic acid groups (broad SMARTS) is 1. The minimum Gasteiger partial charge on any atom is -0.479 e. The summed E-state index contributed by atoms with van der Waals surface area (Å²) in [4.78, 5) is 51.1. The number of hydrogen-bond acceptors (Lipinski definition) is 11. The van der Waals surface area contributed by atoms with Crippen molar-refractivity contribution < 1.29 is 58.2 Å². The number of rotatable bonds is 50. The molecule has 0 aliphatic carbocycles. The lowest BCUT2D eigenvalue weighted by atomic mass is 9.98. The molecule has 0 amide bonds. The minimum atomic E-state index is -1.94. The van der Waals surface area contributed by atoms with Crippen LogP contribution < -0.4 is 0 Å². The third kappa shape index (κ3) is 43.6. The molecule has 12 heteroatoms. The van der Waals surface area contributed by atoms with Gasteiger partial charge in [-0.3, -0.25) is 14.4 Å². The Morgan fingerprint density at radius 1 is 0.430 bits per heavy atom. The lowest BCUT2D eigenvalue weighted by molar-refractivity contribution is -0.301. The summed E-state index contributed by atoms with van der Waals surface area (Å²) in [6, 6.07) is 0. The zero-order valence-corrected chi connectivity index (χ0v) is 49.1. The van der Waals surface area contributed by atoms with Gasteiger partial charge in [0.1, 0.15) is 18.8 Å². The van der Waals surface area contributed by atoms with E-state index in [2.05, 4.69) is 112 Å². The van der Waals surface area contributed by atoms with Crippen LogP contribution in [0.25, 0.3) is 0 Å². The Kier molecular flexibility index (Phi) is 49.1. The third-order valence-electron chi connectivity index (χ3n) is 13.1. The Bertz CT molecular complexity index is 1840. The van der Waals surface area contributed by atoms with Crippen LogP contribution in [-0.2, 0) is 42.9 Å². The molecule has 1 rings (SSSR count). The SMILES string of the molecule is CC/C=C\C/C=C\C/C=C\C/C=C\C/C=C\C/C=C\CCC(=O)OCC(COC1OC(C(=O)O)C(O)C(O)C1OC(=O)CC/C=C\C/C=C\C/C=C\C/C=C\CC)OC(=O)CCCCCCCCCCCCCCCCCCC. The molecular weight excluding hydrogens is 997 g/mol. The zero-order chi connectivity index (χ0) is 57.5. The van der Waals surface area contributed by atoms with E-state index in [0.29, 0.717) is 25.7 Å². The Labute approximate surface area is 478 Å². The van der Waals surface area contributed by atoms with Gasteiger partial charge in [-0.2, -0.15) is 0 Å². The first-order chi connectivity index (χ1) is 38.6. The van der Waals surface area contributed by atoms with E-state index in [0.717, 1.165) is 77.0 Å². The van der Waals surface area contributed by atoms with Gasteiger partial charge >= 0.3 is 23.9 Å². The van der Waals surface area contributed by atoms with Gasteiger partial charge in [0.05, 0.1) is 6.61 Å². The maximum Gasteiger partial charge on any atom is 0.335 e. The first-order valence-electron chi connectivity index (χ1n) is 30.5. The standard InChI is InChI=1S/C67H106O12/c1-4-7-10-13-16-19-22-25-27-29-30-32-33-36-38-41-44-47-50-53-59(68)75-56-58(77-60(69)54-51-48-45-42-40-37-34-31-28-26-23-20-17-14-11-8-5-2)57-76-67-65(63(72)62(71)64(79-67)66(73)74)78-61(70)55-52-49-46-43-39-35-24-21-18-15-12-9-6-3/h7,9-10,12,16,18-19,21,25,27,30,32,35-36,38-39,44,46-47,49,58,62-65,67,71-72H,4-6,8,11,13-15,17,20,22-24,26,28-29,31,33-34,37,40-43,45,48,50-57H2,1-3H3,(H,73,74)/b10-7-,12-9-,19-16-,21-18-,27-25-,32-30-,38-36-,39-35-,47-44-,49-46-. The average molecular weight is 1100 g/mol. The van der Waals surface area contributed by atoms with Crippen molar-refractivity contribution in [3.8, 4) is 0 Å². The topological polar surface area (TPSA) is 175 Å². The van der Waals surface area contributed by atoms with Gasteiger partial charge in [0.25, 0.3) is 0 Å². The van der Waals surface area contributed by atoms with Crippen LogP contribution in [0.4, 0.5) is 0 Å². The van der Waals surface area contributed by atoms with E-state index in [1.165, 1.54) is 83.5 Å². The van der Waals surface area contributed by atoms with Crippen molar-refractivity contribution in [2.24, 2.45) is 0 Å². The smallest absolute Gasteiger partial charge is 0.335 e. The molecule has 79 heavy (non-hydrogen) atoms. The van der Waals surface area contributed by atoms with E-state index >= 15 is 0 Å². The number of aliphatic hydroxyl groups excluding tert-OH is 2. The van der Waals surface area contributed by atoms with Crippen LogP contribution >= 0.6 is 0 Å². The van der Waals surface area contributed by atoms with Crippen LogP contribution in [0, 0.1) is 0 Å². The van der Waals surface area contributed by atoms with Crippen LogP contribution in [0.5, 0.6) is 0 Å². The van der Waals surface area contributed by atoms with Gasteiger partial charge < -0.3 is 39.0 Å². The summed E-state index contributed by atoms with van der Waals surface area (Å²) in [5.74, 6) is -3.34. The normalized spacial score (nSPS) is 18.7. The number of carbonyl (C=O) groups is 4. The van der Waals surface area contributed by atoms with Crippen LogP contribution in [0.15, 0.2) is 122 Å². The zero-order valence-electron chi connectivity index (χ0n) is 49.1. The number of carboxylic acids is 1. The van der Waals surface area contributed by atoms with E-state index in [1.54, 1.807) is 0 Å². The first-order valence-corrected chi connectivity index (χ1v) is 30.5. The van der Waals surface area contributed by atoms with Crippen molar-refractivity contribution in [3.05, 3.63) is 122 Å². The van der Waals surface area contributed by atoms with Gasteiger partial charge in [0.2, 0.25) is 0 Å². The number of carbonyl (C=O) groups excluding carboxylic acids is 3. The summed E-state index contributed by atoms with van der Waals surface area (Å²) in [7, 11) is 0. The van der Waals surface area contributed by atoms with Crippen LogP contribution in [-0.4, -0.2) is 89.2 Å². The van der Waals surface area contributed by atoms with E-state index in [4.69, 9.17) is 23.7 Å². The van der Waals surface area contributed by atoms with Gasteiger partial charge in [-0.1, -0.05) is 245 Å². The molecule has 1 heterocycles. The monoisotopic (exact) mass is 1100 g/mol. The molecule has 0 saturated carbocycles. The van der Waals surface area contributed by atoms with Crippen LogP contribution in [0.2, 0.25) is 0 Å². The molecule has 1 aliphatic heterocycles. The van der Waals surface area contributed by atoms with Crippen molar-refractivity contribution in [3.63, 3.8) is 0 Å². The summed E-state index contributed by atoms with van der Waals surface area (Å²) >= 11 is 0. The molecule has 0 radical (unpaired) electrons. The Hall–Kier alpha value is -4.88. The average Bonchev–Trinajstić information content (AvgIpc) is 3.44. The molecule has 1 aliphatic rings. The summed E-state index contributed by atoms with van der Waals surface area (Å²) in [6.45, 7) is 5.67. The lowest BCUT2D eigenvalue weighted by Gasteiger charge is -2.40. The molecule has 0 aromatic heterocycles. The maximum atomic E-state index is 13.2. The number of hydrogen-bond donors (Lipinski definition) is 3. The molecule has 6 unspecified atom stereocenters. The molecule has 12 nitrogen and oxygen atoms in total. The number of unbranched alkanes of at least 4 members (excludes halogenated alkanes) is 16. The number of aliphatic carboxylic acids is 1. The fraction of sp³-hybridized carbons (Fsp3) is 0.642. The van der Waals surface area contributed by atoms with E-state index < -0.39 is 67.3 Å². The fourth-order valence-corrected chi connectivity index (χ4v) is 8.47. The Balaban J connectivity index is 2.76. The molecule has 6 atom stereocenters. The highest BCUT2D eigenvalue weighted by Crippen LogP contribution is 2.26. The Morgan fingerprint density at radius 3 is 1.19 bits per heavy atom. The highest BCUT2D eigenvalue weighted by atomic mass is 16.7. The number of aliphatic hydroxyl groups is 2. The molecule has 0 aromatic rings. The summed E-state index contributed by atoms with van der Waals surface area (Å²) in [6.07, 6.45) is 62.0. The second-order valence-electron chi connectivity index (χ2n) is 20.2.